The number of piperidine rings is 1. The summed E-state index contributed by atoms with van der Waals surface area (Å²) in [6.45, 7) is 7.24. The smallest absolute Gasteiger partial charge is 0.146 e. The second-order valence-corrected chi connectivity index (χ2v) is 4.77. The summed E-state index contributed by atoms with van der Waals surface area (Å²) >= 11 is 0. The van der Waals surface area contributed by atoms with E-state index in [9.17, 15) is 4.39 Å². The minimum Gasteiger partial charge on any atom is -0.366 e. The number of halogens is 1. The van der Waals surface area contributed by atoms with Gasteiger partial charge in [-0.1, -0.05) is 19.1 Å². The Morgan fingerprint density at radius 3 is 2.82 bits per heavy atom. The number of nitrogens with one attached hydrogen (secondary N) is 1. The summed E-state index contributed by atoms with van der Waals surface area (Å²) in [5, 5.41) is 3.39. The van der Waals surface area contributed by atoms with Crippen molar-refractivity contribution in [3.8, 4) is 0 Å². The molecule has 0 saturated carbocycles. The molecule has 2 atom stereocenters. The molecule has 0 spiro atoms. The monoisotopic (exact) mass is 236 g/mol. The molecule has 0 radical (unpaired) electrons. The summed E-state index contributed by atoms with van der Waals surface area (Å²) in [7, 11) is 0. The van der Waals surface area contributed by atoms with E-state index in [-0.39, 0.29) is 5.82 Å². The number of para-hydroxylation sites is 1. The summed E-state index contributed by atoms with van der Waals surface area (Å²) < 4.78 is 13.9. The Bertz CT molecular complexity index is 367. The zero-order chi connectivity index (χ0) is 12.3. The quantitative estimate of drug-likeness (QED) is 0.868. The molecule has 1 saturated heterocycles. The van der Waals surface area contributed by atoms with E-state index in [1.54, 1.807) is 12.1 Å². The van der Waals surface area contributed by atoms with Gasteiger partial charge in [-0.15, -0.1) is 0 Å². The van der Waals surface area contributed by atoms with Crippen LogP contribution < -0.4 is 10.2 Å². The van der Waals surface area contributed by atoms with Crippen LogP contribution in [0.15, 0.2) is 24.3 Å². The van der Waals surface area contributed by atoms with Crippen molar-refractivity contribution in [2.75, 3.05) is 24.5 Å². The molecule has 1 aliphatic heterocycles. The predicted octanol–water partition coefficient (Wildman–Crippen LogP) is 2.65. The van der Waals surface area contributed by atoms with E-state index in [2.05, 4.69) is 24.1 Å². The largest absolute Gasteiger partial charge is 0.366 e. The maximum absolute atomic E-state index is 13.9. The number of anilines is 1. The fourth-order valence-electron chi connectivity index (χ4n) is 2.73. The highest BCUT2D eigenvalue weighted by molar-refractivity contribution is 5.48. The number of benzene rings is 1. The average Bonchev–Trinajstić information content (AvgIpc) is 2.34. The minimum atomic E-state index is -0.111. The number of nitrogens with zero attached hydrogens (tertiary/aromatic N) is 1. The molecule has 0 aliphatic carbocycles. The van der Waals surface area contributed by atoms with Gasteiger partial charge in [0.25, 0.3) is 0 Å². The van der Waals surface area contributed by atoms with Gasteiger partial charge in [-0.2, -0.15) is 0 Å². The van der Waals surface area contributed by atoms with Crippen LogP contribution >= 0.6 is 0 Å². The second kappa shape index (κ2) is 5.50. The topological polar surface area (TPSA) is 15.3 Å². The first-order chi connectivity index (χ1) is 8.24. The molecule has 1 N–H and O–H groups in total. The van der Waals surface area contributed by atoms with Crippen LogP contribution in [-0.4, -0.2) is 25.7 Å². The van der Waals surface area contributed by atoms with Crippen LogP contribution in [0.3, 0.4) is 0 Å². The van der Waals surface area contributed by atoms with Crippen LogP contribution in [0.2, 0.25) is 0 Å². The summed E-state index contributed by atoms with van der Waals surface area (Å²) in [5.74, 6) is 0.448. The Hall–Kier alpha value is -1.09. The summed E-state index contributed by atoms with van der Waals surface area (Å²) in [5.41, 5.74) is 0.744. The van der Waals surface area contributed by atoms with E-state index in [1.165, 1.54) is 0 Å². The molecule has 0 amide bonds. The molecule has 2 unspecified atom stereocenters. The van der Waals surface area contributed by atoms with E-state index >= 15 is 0 Å². The normalized spacial score (nSPS) is 24.6. The first-order valence-corrected chi connectivity index (χ1v) is 6.46. The fourth-order valence-corrected chi connectivity index (χ4v) is 2.73. The third-order valence-electron chi connectivity index (χ3n) is 3.64. The van der Waals surface area contributed by atoms with Gasteiger partial charge in [0.1, 0.15) is 5.82 Å². The highest BCUT2D eigenvalue weighted by atomic mass is 19.1. The van der Waals surface area contributed by atoms with E-state index in [1.807, 2.05) is 12.1 Å². The maximum atomic E-state index is 13.9. The van der Waals surface area contributed by atoms with Crippen molar-refractivity contribution < 1.29 is 4.39 Å². The first kappa shape index (κ1) is 12.4. The van der Waals surface area contributed by atoms with Crippen molar-refractivity contribution >= 4 is 5.69 Å². The molecule has 3 heteroatoms. The van der Waals surface area contributed by atoms with Gasteiger partial charge in [-0.3, -0.25) is 0 Å². The molecule has 2 nitrogen and oxygen atoms in total. The van der Waals surface area contributed by atoms with E-state index in [0.717, 1.165) is 31.7 Å². The summed E-state index contributed by atoms with van der Waals surface area (Å²) in [4.78, 5) is 2.21. The van der Waals surface area contributed by atoms with Crippen molar-refractivity contribution in [1.82, 2.24) is 5.32 Å². The lowest BCUT2D eigenvalue weighted by Gasteiger charge is -2.40. The Morgan fingerprint density at radius 1 is 1.41 bits per heavy atom. The molecule has 94 valence electrons. The van der Waals surface area contributed by atoms with Crippen LogP contribution in [0.5, 0.6) is 0 Å². The molecule has 1 heterocycles. The van der Waals surface area contributed by atoms with Crippen molar-refractivity contribution in [2.24, 2.45) is 5.92 Å². The lowest BCUT2D eigenvalue weighted by molar-refractivity contribution is 0.331. The molecule has 0 aromatic heterocycles. The predicted molar refractivity (Wildman–Crippen MR) is 69.9 cm³/mol. The van der Waals surface area contributed by atoms with Crippen LogP contribution in [0, 0.1) is 11.7 Å². The van der Waals surface area contributed by atoms with E-state index in [4.69, 9.17) is 0 Å². The molecule has 2 rings (SSSR count). The fraction of sp³-hybridized carbons (Fsp3) is 0.571. The molecule has 1 aliphatic rings. The van der Waals surface area contributed by atoms with Gasteiger partial charge in [-0.25, -0.2) is 4.39 Å². The van der Waals surface area contributed by atoms with Crippen molar-refractivity contribution in [3.05, 3.63) is 30.1 Å². The molecule has 0 bridgehead atoms. The van der Waals surface area contributed by atoms with Crippen molar-refractivity contribution in [1.29, 1.82) is 0 Å². The zero-order valence-electron chi connectivity index (χ0n) is 10.6. The Kier molecular flexibility index (Phi) is 4.00. The highest BCUT2D eigenvalue weighted by Crippen LogP contribution is 2.26. The maximum Gasteiger partial charge on any atom is 0.146 e. The number of hydrogen-bond acceptors (Lipinski definition) is 2. The summed E-state index contributed by atoms with van der Waals surface area (Å²) in [6, 6.07) is 7.53. The number of rotatable bonds is 3. The van der Waals surface area contributed by atoms with Crippen LogP contribution in [0.1, 0.15) is 20.3 Å². The standard InChI is InChI=1S/C14H21FN2/c1-3-17(13-8-9-16-10-11(13)2)14-7-5-4-6-12(14)15/h4-7,11,13,16H,3,8-10H2,1-2H3. The zero-order valence-corrected chi connectivity index (χ0v) is 10.6. The van der Waals surface area contributed by atoms with Gasteiger partial charge in [0.15, 0.2) is 0 Å². The molecular formula is C14H21FN2. The van der Waals surface area contributed by atoms with Gasteiger partial charge < -0.3 is 10.2 Å². The molecule has 17 heavy (non-hydrogen) atoms. The number of hydrogen-bond donors (Lipinski definition) is 1. The Labute approximate surface area is 103 Å². The Balaban J connectivity index is 2.23. The molecule has 1 fully saturated rings. The van der Waals surface area contributed by atoms with Gasteiger partial charge in [0, 0.05) is 12.6 Å². The van der Waals surface area contributed by atoms with Crippen LogP contribution in [0.4, 0.5) is 10.1 Å². The van der Waals surface area contributed by atoms with E-state index < -0.39 is 0 Å². The Morgan fingerprint density at radius 2 is 2.18 bits per heavy atom. The van der Waals surface area contributed by atoms with Crippen LogP contribution in [0.25, 0.3) is 0 Å². The van der Waals surface area contributed by atoms with Gasteiger partial charge in [0.2, 0.25) is 0 Å². The lowest BCUT2D eigenvalue weighted by Crippen LogP contribution is -2.49. The second-order valence-electron chi connectivity index (χ2n) is 4.77. The molecular weight excluding hydrogens is 215 g/mol. The van der Waals surface area contributed by atoms with Crippen molar-refractivity contribution in [2.45, 2.75) is 26.3 Å². The average molecular weight is 236 g/mol. The first-order valence-electron chi connectivity index (χ1n) is 6.46. The van der Waals surface area contributed by atoms with Crippen molar-refractivity contribution in [3.63, 3.8) is 0 Å². The third-order valence-corrected chi connectivity index (χ3v) is 3.64. The molecule has 1 aromatic rings. The lowest BCUT2D eigenvalue weighted by atomic mass is 9.93. The molecule has 1 aromatic carbocycles. The van der Waals surface area contributed by atoms with Gasteiger partial charge in [-0.05, 0) is 44.5 Å². The third kappa shape index (κ3) is 2.60. The van der Waals surface area contributed by atoms with E-state index in [0.29, 0.717) is 12.0 Å². The summed E-state index contributed by atoms with van der Waals surface area (Å²) in [6.07, 6.45) is 1.09. The highest BCUT2D eigenvalue weighted by Gasteiger charge is 2.27. The van der Waals surface area contributed by atoms with Gasteiger partial charge >= 0.3 is 0 Å². The van der Waals surface area contributed by atoms with Crippen LogP contribution in [-0.2, 0) is 0 Å². The SMILES string of the molecule is CCN(c1ccccc1F)C1CCNCC1C. The van der Waals surface area contributed by atoms with Gasteiger partial charge in [0.05, 0.1) is 5.69 Å². The minimum absolute atomic E-state index is 0.111.